The highest BCUT2D eigenvalue weighted by molar-refractivity contribution is 7.79. The summed E-state index contributed by atoms with van der Waals surface area (Å²) in [6.07, 6.45) is 0. The third-order valence-electron chi connectivity index (χ3n) is 2.14. The van der Waals surface area contributed by atoms with Crippen molar-refractivity contribution in [2.45, 2.75) is 4.90 Å². The summed E-state index contributed by atoms with van der Waals surface area (Å²) < 4.78 is 27.4. The Morgan fingerprint density at radius 3 is 2.35 bits per heavy atom. The van der Waals surface area contributed by atoms with Crippen LogP contribution >= 0.6 is 0 Å². The van der Waals surface area contributed by atoms with Crippen LogP contribution in [0.15, 0.2) is 53.4 Å². The van der Waals surface area contributed by atoms with E-state index in [9.17, 15) is 8.76 Å². The summed E-state index contributed by atoms with van der Waals surface area (Å²) in [4.78, 5) is 0.129. The average Bonchev–Trinajstić information content (AvgIpc) is 2.32. The number of anilines is 1. The van der Waals surface area contributed by atoms with Crippen LogP contribution in [0.25, 0.3) is 0 Å². The van der Waals surface area contributed by atoms with Gasteiger partial charge < -0.3 is 15.0 Å². The van der Waals surface area contributed by atoms with Crippen LogP contribution in [0.3, 0.4) is 0 Å². The Bertz CT molecular complexity index is 540. The van der Waals surface area contributed by atoms with Gasteiger partial charge in [0.15, 0.2) is 0 Å². The van der Waals surface area contributed by atoms with Crippen molar-refractivity contribution in [3.63, 3.8) is 0 Å². The molecule has 0 saturated heterocycles. The van der Waals surface area contributed by atoms with Gasteiger partial charge in [0.1, 0.15) is 11.5 Å². The van der Waals surface area contributed by atoms with E-state index >= 15 is 0 Å². The van der Waals surface area contributed by atoms with E-state index in [1.54, 1.807) is 42.5 Å². The summed E-state index contributed by atoms with van der Waals surface area (Å²) in [5, 5.41) is 0. The Hall–Kier alpha value is -1.85. The minimum atomic E-state index is -2.32. The molecule has 0 aromatic heterocycles. The van der Waals surface area contributed by atoms with E-state index in [0.29, 0.717) is 17.2 Å². The van der Waals surface area contributed by atoms with E-state index in [1.807, 2.05) is 0 Å². The number of benzene rings is 2. The Morgan fingerprint density at radius 1 is 1.06 bits per heavy atom. The van der Waals surface area contributed by atoms with Crippen molar-refractivity contribution >= 4 is 16.8 Å². The molecule has 88 valence electrons. The smallest absolute Gasteiger partial charge is 0.142 e. The monoisotopic (exact) mass is 248 g/mol. The molecule has 2 aromatic carbocycles. The summed E-state index contributed by atoms with van der Waals surface area (Å²) in [7, 11) is 0. The van der Waals surface area contributed by atoms with Crippen LogP contribution < -0.4 is 10.5 Å². The van der Waals surface area contributed by atoms with Gasteiger partial charge in [0.2, 0.25) is 0 Å². The molecule has 0 bridgehead atoms. The molecule has 0 amide bonds. The Labute approximate surface area is 101 Å². The largest absolute Gasteiger partial charge is 0.768 e. The fourth-order valence-electron chi connectivity index (χ4n) is 1.34. The van der Waals surface area contributed by atoms with Crippen molar-refractivity contribution < 1.29 is 13.5 Å². The topological polar surface area (TPSA) is 75.4 Å². The highest BCUT2D eigenvalue weighted by atomic mass is 32.2. The van der Waals surface area contributed by atoms with Crippen LogP contribution in [0.1, 0.15) is 0 Å². The lowest BCUT2D eigenvalue weighted by atomic mass is 10.3. The van der Waals surface area contributed by atoms with Gasteiger partial charge in [0, 0.05) is 5.69 Å². The molecule has 0 radical (unpaired) electrons. The van der Waals surface area contributed by atoms with Gasteiger partial charge in [-0.3, -0.25) is 4.21 Å². The summed E-state index contributed by atoms with van der Waals surface area (Å²) in [6.45, 7) is 0. The molecule has 2 aromatic rings. The fourth-order valence-corrected chi connectivity index (χ4v) is 1.80. The molecular weight excluding hydrogens is 238 g/mol. The maximum absolute atomic E-state index is 11.0. The summed E-state index contributed by atoms with van der Waals surface area (Å²) in [5.41, 5.74) is 6.17. The van der Waals surface area contributed by atoms with Gasteiger partial charge in [0.25, 0.3) is 0 Å². The number of rotatable bonds is 3. The maximum Gasteiger partial charge on any atom is 0.142 e. The van der Waals surface area contributed by atoms with Gasteiger partial charge >= 0.3 is 0 Å². The van der Waals surface area contributed by atoms with Crippen molar-refractivity contribution in [2.75, 3.05) is 5.73 Å². The van der Waals surface area contributed by atoms with Crippen molar-refractivity contribution in [3.05, 3.63) is 48.5 Å². The number of ether oxygens (including phenoxy) is 1. The molecule has 0 aliphatic rings. The number of nitrogens with two attached hydrogens (primary N) is 1. The maximum atomic E-state index is 11.0. The van der Waals surface area contributed by atoms with Crippen LogP contribution in [-0.4, -0.2) is 8.76 Å². The molecule has 0 aliphatic carbocycles. The van der Waals surface area contributed by atoms with E-state index in [4.69, 9.17) is 10.5 Å². The molecule has 0 spiro atoms. The highest BCUT2D eigenvalue weighted by Crippen LogP contribution is 2.27. The van der Waals surface area contributed by atoms with Crippen LogP contribution in [0.4, 0.5) is 5.69 Å². The Kier molecular flexibility index (Phi) is 3.41. The van der Waals surface area contributed by atoms with Crippen molar-refractivity contribution in [1.29, 1.82) is 0 Å². The second-order valence-electron chi connectivity index (χ2n) is 3.35. The van der Waals surface area contributed by atoms with Gasteiger partial charge in [-0.1, -0.05) is 12.1 Å². The van der Waals surface area contributed by atoms with Gasteiger partial charge in [-0.25, -0.2) is 0 Å². The zero-order valence-corrected chi connectivity index (χ0v) is 9.65. The van der Waals surface area contributed by atoms with Crippen LogP contribution in [0.5, 0.6) is 11.5 Å². The fraction of sp³-hybridized carbons (Fsp3) is 0. The zero-order valence-electron chi connectivity index (χ0n) is 8.83. The lowest BCUT2D eigenvalue weighted by Crippen LogP contribution is -1.94. The highest BCUT2D eigenvalue weighted by Gasteiger charge is 2.04. The average molecular weight is 248 g/mol. The quantitative estimate of drug-likeness (QED) is 0.668. The second kappa shape index (κ2) is 4.99. The van der Waals surface area contributed by atoms with Gasteiger partial charge in [-0.2, -0.15) is 0 Å². The van der Waals surface area contributed by atoms with E-state index in [0.717, 1.165) is 0 Å². The first-order valence-electron chi connectivity index (χ1n) is 4.88. The molecule has 0 fully saturated rings. The molecule has 17 heavy (non-hydrogen) atoms. The predicted octanol–water partition coefficient (Wildman–Crippen LogP) is 2.30. The third-order valence-corrected chi connectivity index (χ3v) is 2.83. The van der Waals surface area contributed by atoms with Crippen molar-refractivity contribution in [1.82, 2.24) is 0 Å². The second-order valence-corrected chi connectivity index (χ2v) is 4.26. The van der Waals surface area contributed by atoms with Crippen molar-refractivity contribution in [3.8, 4) is 11.5 Å². The Balaban J connectivity index is 2.30. The molecule has 0 aliphatic heterocycles. The molecule has 0 heterocycles. The van der Waals surface area contributed by atoms with Gasteiger partial charge in [-0.05, 0) is 47.5 Å². The summed E-state index contributed by atoms with van der Waals surface area (Å²) >= 11 is -2.32. The van der Waals surface area contributed by atoms with Crippen LogP contribution in [-0.2, 0) is 11.1 Å². The zero-order chi connectivity index (χ0) is 12.3. The molecule has 1 unspecified atom stereocenters. The number of hydrogen-bond acceptors (Lipinski definition) is 4. The first-order chi connectivity index (χ1) is 8.16. The first kappa shape index (κ1) is 11.6. The van der Waals surface area contributed by atoms with Crippen LogP contribution in [0, 0.1) is 0 Å². The number of para-hydroxylation sites is 1. The minimum Gasteiger partial charge on any atom is -0.768 e. The molecule has 4 nitrogen and oxygen atoms in total. The normalized spacial score (nSPS) is 12.1. The molecule has 2 N–H and O–H groups in total. The van der Waals surface area contributed by atoms with E-state index in [1.165, 1.54) is 6.07 Å². The first-order valence-corrected chi connectivity index (χ1v) is 5.96. The van der Waals surface area contributed by atoms with Crippen molar-refractivity contribution in [2.24, 2.45) is 0 Å². The number of hydrogen-bond donors (Lipinski definition) is 1. The lowest BCUT2D eigenvalue weighted by molar-refractivity contribution is 0.463. The summed E-state index contributed by atoms with van der Waals surface area (Å²) in [5.74, 6) is 0.836. The minimum absolute atomic E-state index is 0.129. The molecule has 0 saturated carbocycles. The van der Waals surface area contributed by atoms with E-state index < -0.39 is 11.1 Å². The standard InChI is InChI=1S/C12H11NO3S/c13-9-5-7-10(8-6-9)16-11-3-1-2-4-12(11)17(14)15/h1-8H,13H2,(H,14,15)/p-1. The van der Waals surface area contributed by atoms with Gasteiger partial charge in [-0.15, -0.1) is 0 Å². The molecular formula is C12H10NO3S-. The SMILES string of the molecule is Nc1ccc(Oc2ccccc2S(=O)[O-])cc1. The molecule has 2 rings (SSSR count). The lowest BCUT2D eigenvalue weighted by Gasteiger charge is -2.12. The molecule has 5 heteroatoms. The van der Waals surface area contributed by atoms with Crippen LogP contribution in [0.2, 0.25) is 0 Å². The van der Waals surface area contributed by atoms with E-state index in [-0.39, 0.29) is 4.90 Å². The predicted molar refractivity (Wildman–Crippen MR) is 64.6 cm³/mol. The number of nitrogen functional groups attached to an aromatic ring is 1. The van der Waals surface area contributed by atoms with E-state index in [2.05, 4.69) is 0 Å². The third kappa shape index (κ3) is 2.83. The van der Waals surface area contributed by atoms with Gasteiger partial charge in [0.05, 0.1) is 4.90 Å². The Morgan fingerprint density at radius 2 is 1.71 bits per heavy atom. The molecule has 1 atom stereocenters. The summed E-state index contributed by atoms with van der Waals surface area (Å²) in [6, 6.07) is 13.2.